The first-order valence-electron chi connectivity index (χ1n) is 10.5. The summed E-state index contributed by atoms with van der Waals surface area (Å²) in [6, 6.07) is 0. The van der Waals surface area contributed by atoms with Gasteiger partial charge in [-0.25, -0.2) is 0 Å². The van der Waals surface area contributed by atoms with E-state index in [0.29, 0.717) is 0 Å². The van der Waals surface area contributed by atoms with Gasteiger partial charge in [0.15, 0.2) is 12.6 Å². The molecule has 2 rings (SSSR count). The van der Waals surface area contributed by atoms with E-state index >= 15 is 0 Å². The first-order chi connectivity index (χ1) is 16.0. The van der Waals surface area contributed by atoms with Crippen molar-refractivity contribution < 1.29 is 80.2 Å². The van der Waals surface area contributed by atoms with E-state index in [1.807, 2.05) is 0 Å². The Hall–Kier alpha value is -0.640. The van der Waals surface area contributed by atoms with Crippen molar-refractivity contribution in [3.8, 4) is 0 Å². The Bertz CT molecular complexity index is 598. The van der Waals surface area contributed by atoms with Crippen LogP contribution in [0, 0.1) is 0 Å². The molecule has 2 aliphatic heterocycles. The second-order valence-corrected chi connectivity index (χ2v) is 8.14. The van der Waals surface area contributed by atoms with E-state index in [-0.39, 0.29) is 0 Å². The van der Waals surface area contributed by atoms with Gasteiger partial charge in [-0.3, -0.25) is 0 Å². The van der Waals surface area contributed by atoms with E-state index in [9.17, 15) is 51.1 Å². The first-order valence-corrected chi connectivity index (χ1v) is 10.5. The molecule has 0 aromatic heterocycles. The molecule has 12 N–H and O–H groups in total. The normalized spacial score (nSPS) is 39.5. The fraction of sp³-hybridized carbons (Fsp3) is 1.00. The Morgan fingerprint density at radius 3 is 1.71 bits per heavy atom. The molecule has 0 amide bonds. The second kappa shape index (κ2) is 13.1. The fourth-order valence-electron chi connectivity index (χ4n) is 3.57. The molecule has 0 aromatic carbocycles. The van der Waals surface area contributed by atoms with Crippen LogP contribution in [0.2, 0.25) is 0 Å². The zero-order valence-corrected chi connectivity index (χ0v) is 17.9. The van der Waals surface area contributed by atoms with Crippen LogP contribution in [0.25, 0.3) is 0 Å². The molecule has 2 fully saturated rings. The molecule has 0 aromatic rings. The van der Waals surface area contributed by atoms with Gasteiger partial charge >= 0.3 is 0 Å². The van der Waals surface area contributed by atoms with Crippen LogP contribution in [0.1, 0.15) is 0 Å². The lowest BCUT2D eigenvalue weighted by molar-refractivity contribution is -0.247. The molecule has 2 heterocycles. The molecule has 16 nitrogen and oxygen atoms in total. The number of hydrogen-bond acceptors (Lipinski definition) is 16. The second-order valence-electron chi connectivity index (χ2n) is 8.14. The van der Waals surface area contributed by atoms with Gasteiger partial charge in [-0.2, -0.15) is 0 Å². The molecule has 0 saturated carbocycles. The zero-order valence-electron chi connectivity index (χ0n) is 17.9. The number of aliphatic hydroxyl groups is 12. The van der Waals surface area contributed by atoms with E-state index in [0.717, 1.165) is 0 Å². The smallest absolute Gasteiger partial charge is 0.187 e. The predicted molar refractivity (Wildman–Crippen MR) is 103 cm³/mol. The van der Waals surface area contributed by atoms with Crippen molar-refractivity contribution in [1.82, 2.24) is 0 Å². The number of ether oxygens (including phenoxy) is 4. The third kappa shape index (κ3) is 6.56. The summed E-state index contributed by atoms with van der Waals surface area (Å²) in [6.07, 6.45) is -23.3. The Labute approximate surface area is 193 Å². The van der Waals surface area contributed by atoms with Crippen LogP contribution in [0.4, 0.5) is 0 Å². The third-order valence-electron chi connectivity index (χ3n) is 5.69. The van der Waals surface area contributed by atoms with Crippen molar-refractivity contribution in [2.24, 2.45) is 0 Å². The van der Waals surface area contributed by atoms with Gasteiger partial charge in [-0.1, -0.05) is 0 Å². The summed E-state index contributed by atoms with van der Waals surface area (Å²) in [7, 11) is 0. The standard InChI is InChI=1S/C18H34O16/c19-1-5(22)9(25)10(26)7(24)4-31-17-13(29)12(28)16(34-17)8(3-21)32-18-14(30)11(27)15(33-18)6(23)2-20/h5-30H,1-4H2/t5-,6-,7-,8-,9-,10-,11-,12-,13-,14-,15+,16+,17-,18-/m1/s1. The lowest BCUT2D eigenvalue weighted by atomic mass is 10.0. The molecule has 0 unspecified atom stereocenters. The Morgan fingerprint density at radius 2 is 1.15 bits per heavy atom. The molecule has 14 atom stereocenters. The van der Waals surface area contributed by atoms with Gasteiger partial charge in [0.25, 0.3) is 0 Å². The lowest BCUT2D eigenvalue weighted by Crippen LogP contribution is -2.48. The van der Waals surface area contributed by atoms with Crippen LogP contribution in [0.5, 0.6) is 0 Å². The van der Waals surface area contributed by atoms with Crippen LogP contribution < -0.4 is 0 Å². The summed E-state index contributed by atoms with van der Waals surface area (Å²) in [4.78, 5) is 0. The van der Waals surface area contributed by atoms with Crippen LogP contribution in [-0.4, -0.2) is 174 Å². The average Bonchev–Trinajstić information content (AvgIpc) is 3.28. The molecule has 0 spiro atoms. The van der Waals surface area contributed by atoms with E-state index in [1.165, 1.54) is 0 Å². The summed E-state index contributed by atoms with van der Waals surface area (Å²) in [5.74, 6) is 0. The van der Waals surface area contributed by atoms with Gasteiger partial charge in [-0.05, 0) is 0 Å². The maximum Gasteiger partial charge on any atom is 0.187 e. The topological polar surface area (TPSA) is 280 Å². The summed E-state index contributed by atoms with van der Waals surface area (Å²) < 4.78 is 21.0. The average molecular weight is 506 g/mol. The van der Waals surface area contributed by atoms with E-state index in [1.54, 1.807) is 0 Å². The molecular formula is C18H34O16. The van der Waals surface area contributed by atoms with Crippen LogP contribution in [-0.2, 0) is 18.9 Å². The highest BCUT2D eigenvalue weighted by atomic mass is 16.7. The first kappa shape index (κ1) is 29.6. The highest BCUT2D eigenvalue weighted by Crippen LogP contribution is 2.30. The Morgan fingerprint density at radius 1 is 0.618 bits per heavy atom. The highest BCUT2D eigenvalue weighted by Gasteiger charge is 2.51. The van der Waals surface area contributed by atoms with Gasteiger partial charge in [0, 0.05) is 0 Å². The van der Waals surface area contributed by atoms with Gasteiger partial charge in [0.2, 0.25) is 0 Å². The van der Waals surface area contributed by atoms with Crippen LogP contribution in [0.15, 0.2) is 0 Å². The maximum absolute atomic E-state index is 10.3. The van der Waals surface area contributed by atoms with Gasteiger partial charge in [-0.15, -0.1) is 0 Å². The Kier molecular flexibility index (Phi) is 11.4. The minimum atomic E-state index is -1.94. The summed E-state index contributed by atoms with van der Waals surface area (Å²) >= 11 is 0. The largest absolute Gasteiger partial charge is 0.394 e. The van der Waals surface area contributed by atoms with Gasteiger partial charge < -0.3 is 80.2 Å². The zero-order chi connectivity index (χ0) is 25.7. The van der Waals surface area contributed by atoms with Crippen molar-refractivity contribution in [3.05, 3.63) is 0 Å². The summed E-state index contributed by atoms with van der Waals surface area (Å²) in [6.45, 7) is -3.25. The van der Waals surface area contributed by atoms with E-state index in [4.69, 9.17) is 29.2 Å². The molecule has 2 aliphatic rings. The minimum Gasteiger partial charge on any atom is -0.394 e. The van der Waals surface area contributed by atoms with Crippen LogP contribution >= 0.6 is 0 Å². The van der Waals surface area contributed by atoms with Crippen molar-refractivity contribution in [3.63, 3.8) is 0 Å². The molecule has 34 heavy (non-hydrogen) atoms. The van der Waals surface area contributed by atoms with Gasteiger partial charge in [0.1, 0.15) is 73.2 Å². The molecule has 0 bridgehead atoms. The number of hydrogen-bond donors (Lipinski definition) is 12. The fourth-order valence-corrected chi connectivity index (χ4v) is 3.57. The molecule has 2 saturated heterocycles. The molecular weight excluding hydrogens is 472 g/mol. The molecule has 16 heteroatoms. The minimum absolute atomic E-state index is 0.750. The quantitative estimate of drug-likeness (QED) is 0.110. The lowest BCUT2D eigenvalue weighted by Gasteiger charge is -2.28. The van der Waals surface area contributed by atoms with Gasteiger partial charge in [0.05, 0.1) is 26.4 Å². The Balaban J connectivity index is 1.96. The number of rotatable bonds is 13. The summed E-state index contributed by atoms with van der Waals surface area (Å²) in [5, 5.41) is 116. The molecule has 202 valence electrons. The third-order valence-corrected chi connectivity index (χ3v) is 5.69. The SMILES string of the molecule is OC[C@@H](O)[C@@H](O)[C@H](O)[C@H](O)CO[C@@H]1O[C@@H]([C@@H](CO)O[C@@H]2O[C@@H]([C@H](O)CO)[C@H](O)[C@H]2O)[C@H](O)[C@H]1O. The van der Waals surface area contributed by atoms with Crippen molar-refractivity contribution >= 4 is 0 Å². The molecule has 0 radical (unpaired) electrons. The van der Waals surface area contributed by atoms with Crippen LogP contribution in [0.3, 0.4) is 0 Å². The number of aliphatic hydroxyl groups excluding tert-OH is 12. The van der Waals surface area contributed by atoms with E-state index < -0.39 is 112 Å². The summed E-state index contributed by atoms with van der Waals surface area (Å²) in [5.41, 5.74) is 0. The van der Waals surface area contributed by atoms with E-state index in [2.05, 4.69) is 0 Å². The van der Waals surface area contributed by atoms with Crippen molar-refractivity contribution in [2.45, 2.75) is 85.8 Å². The highest BCUT2D eigenvalue weighted by molar-refractivity contribution is 4.95. The van der Waals surface area contributed by atoms with Crippen molar-refractivity contribution in [2.75, 3.05) is 26.4 Å². The maximum atomic E-state index is 10.3. The van der Waals surface area contributed by atoms with Crippen molar-refractivity contribution in [1.29, 1.82) is 0 Å². The predicted octanol–water partition coefficient (Wildman–Crippen LogP) is -7.94. The monoisotopic (exact) mass is 506 g/mol. The molecule has 0 aliphatic carbocycles.